The Kier molecular flexibility index (Phi) is 5.21. The third kappa shape index (κ3) is 4.03. The Bertz CT molecular complexity index is 926. The SMILES string of the molecule is Cn1c(CCN2CCCCC2)nc2cc(NC(=O)c3ccccc3)ccc21. The van der Waals surface area contributed by atoms with E-state index in [1.54, 1.807) is 0 Å². The first-order valence-electron chi connectivity index (χ1n) is 9.75. The molecule has 5 nitrogen and oxygen atoms in total. The summed E-state index contributed by atoms with van der Waals surface area (Å²) in [6.45, 7) is 3.48. The number of rotatable bonds is 5. The second-order valence-corrected chi connectivity index (χ2v) is 7.26. The highest BCUT2D eigenvalue weighted by atomic mass is 16.1. The maximum Gasteiger partial charge on any atom is 0.255 e. The molecule has 140 valence electrons. The first-order chi connectivity index (χ1) is 13.2. The fourth-order valence-electron chi connectivity index (χ4n) is 3.78. The fraction of sp³-hybridized carbons (Fsp3) is 0.364. The van der Waals surface area contributed by atoms with Crippen molar-refractivity contribution in [3.8, 4) is 0 Å². The van der Waals surface area contributed by atoms with E-state index < -0.39 is 0 Å². The molecule has 0 saturated carbocycles. The van der Waals surface area contributed by atoms with Gasteiger partial charge in [-0.2, -0.15) is 0 Å². The summed E-state index contributed by atoms with van der Waals surface area (Å²) in [7, 11) is 2.07. The molecule has 1 aromatic heterocycles. The van der Waals surface area contributed by atoms with Crippen molar-refractivity contribution in [3.63, 3.8) is 0 Å². The van der Waals surface area contributed by atoms with Crippen molar-refractivity contribution >= 4 is 22.6 Å². The summed E-state index contributed by atoms with van der Waals surface area (Å²) in [5, 5.41) is 2.97. The number of fused-ring (bicyclic) bond motifs is 1. The van der Waals surface area contributed by atoms with Gasteiger partial charge in [0.2, 0.25) is 0 Å². The summed E-state index contributed by atoms with van der Waals surface area (Å²) in [5.74, 6) is 0.998. The Balaban J connectivity index is 1.48. The van der Waals surface area contributed by atoms with Crippen LogP contribution >= 0.6 is 0 Å². The van der Waals surface area contributed by atoms with E-state index >= 15 is 0 Å². The minimum Gasteiger partial charge on any atom is -0.331 e. The lowest BCUT2D eigenvalue weighted by atomic mass is 10.1. The lowest BCUT2D eigenvalue weighted by Crippen LogP contribution is -2.31. The van der Waals surface area contributed by atoms with Crippen LogP contribution in [-0.4, -0.2) is 40.0 Å². The smallest absolute Gasteiger partial charge is 0.255 e. The van der Waals surface area contributed by atoms with E-state index in [0.717, 1.165) is 35.5 Å². The van der Waals surface area contributed by atoms with Gasteiger partial charge in [0.25, 0.3) is 5.91 Å². The minimum atomic E-state index is -0.101. The first kappa shape index (κ1) is 17.7. The summed E-state index contributed by atoms with van der Waals surface area (Å²) in [5.41, 5.74) is 3.45. The third-order valence-electron chi connectivity index (χ3n) is 5.37. The largest absolute Gasteiger partial charge is 0.331 e. The van der Waals surface area contributed by atoms with E-state index in [0.29, 0.717) is 5.56 Å². The van der Waals surface area contributed by atoms with Crippen LogP contribution in [-0.2, 0) is 13.5 Å². The number of amides is 1. The topological polar surface area (TPSA) is 50.2 Å². The van der Waals surface area contributed by atoms with Crippen molar-refractivity contribution in [3.05, 3.63) is 59.9 Å². The van der Waals surface area contributed by atoms with Gasteiger partial charge in [-0.05, 0) is 56.3 Å². The molecule has 1 amide bonds. The maximum atomic E-state index is 12.4. The van der Waals surface area contributed by atoms with Gasteiger partial charge >= 0.3 is 0 Å². The van der Waals surface area contributed by atoms with Crippen molar-refractivity contribution in [2.45, 2.75) is 25.7 Å². The van der Waals surface area contributed by atoms with Gasteiger partial charge in [0.1, 0.15) is 5.82 Å². The summed E-state index contributed by atoms with van der Waals surface area (Å²) < 4.78 is 2.17. The number of imidazole rings is 1. The van der Waals surface area contributed by atoms with Crippen LogP contribution in [0.3, 0.4) is 0 Å². The molecule has 2 aromatic carbocycles. The zero-order valence-corrected chi connectivity index (χ0v) is 15.8. The standard InChI is InChI=1S/C22H26N4O/c1-25-20-11-10-18(23-22(27)17-8-4-2-5-9-17)16-19(20)24-21(25)12-15-26-13-6-3-7-14-26/h2,4-5,8-11,16H,3,6-7,12-15H2,1H3,(H,23,27). The molecule has 0 unspecified atom stereocenters. The van der Waals surface area contributed by atoms with Crippen molar-refractivity contribution in [1.29, 1.82) is 0 Å². The van der Waals surface area contributed by atoms with Crippen molar-refractivity contribution in [2.24, 2.45) is 7.05 Å². The number of nitrogens with zero attached hydrogens (tertiary/aromatic N) is 3. The number of carbonyl (C=O) groups is 1. The van der Waals surface area contributed by atoms with Crippen molar-refractivity contribution < 1.29 is 4.79 Å². The predicted molar refractivity (Wildman–Crippen MR) is 109 cm³/mol. The molecule has 1 saturated heterocycles. The molecular weight excluding hydrogens is 336 g/mol. The highest BCUT2D eigenvalue weighted by Crippen LogP contribution is 2.21. The third-order valence-corrected chi connectivity index (χ3v) is 5.37. The highest BCUT2D eigenvalue weighted by Gasteiger charge is 2.14. The summed E-state index contributed by atoms with van der Waals surface area (Å²) in [6.07, 6.45) is 4.94. The van der Waals surface area contributed by atoms with E-state index in [-0.39, 0.29) is 5.91 Å². The zero-order valence-electron chi connectivity index (χ0n) is 15.8. The predicted octanol–water partition coefficient (Wildman–Crippen LogP) is 3.85. The van der Waals surface area contributed by atoms with Gasteiger partial charge in [-0.3, -0.25) is 4.79 Å². The van der Waals surface area contributed by atoms with Crippen LogP contribution in [0.25, 0.3) is 11.0 Å². The Morgan fingerprint density at radius 1 is 1.07 bits per heavy atom. The van der Waals surface area contributed by atoms with E-state index in [4.69, 9.17) is 4.98 Å². The van der Waals surface area contributed by atoms with Crippen LogP contribution in [0.2, 0.25) is 0 Å². The Labute approximate surface area is 160 Å². The van der Waals surface area contributed by atoms with Gasteiger partial charge in [0.15, 0.2) is 0 Å². The molecule has 1 fully saturated rings. The van der Waals surface area contributed by atoms with Gasteiger partial charge in [-0.1, -0.05) is 24.6 Å². The molecule has 0 radical (unpaired) electrons. The Morgan fingerprint density at radius 2 is 1.85 bits per heavy atom. The highest BCUT2D eigenvalue weighted by molar-refractivity contribution is 6.04. The van der Waals surface area contributed by atoms with Crippen LogP contribution in [0.4, 0.5) is 5.69 Å². The summed E-state index contributed by atoms with van der Waals surface area (Å²) in [4.78, 5) is 19.7. The van der Waals surface area contributed by atoms with Crippen LogP contribution in [0, 0.1) is 0 Å². The zero-order chi connectivity index (χ0) is 18.6. The summed E-state index contributed by atoms with van der Waals surface area (Å²) in [6, 6.07) is 15.2. The van der Waals surface area contributed by atoms with E-state index in [2.05, 4.69) is 21.8 Å². The number of benzene rings is 2. The van der Waals surface area contributed by atoms with Crippen molar-refractivity contribution in [1.82, 2.24) is 14.5 Å². The second kappa shape index (κ2) is 7.92. The number of hydrogen-bond donors (Lipinski definition) is 1. The molecule has 3 aromatic rings. The molecular formula is C22H26N4O. The number of aromatic nitrogens is 2. The van der Waals surface area contributed by atoms with Crippen LogP contribution < -0.4 is 5.32 Å². The normalized spacial score (nSPS) is 15.1. The number of aryl methyl sites for hydroxylation is 1. The molecule has 2 heterocycles. The number of anilines is 1. The van der Waals surface area contributed by atoms with Crippen molar-refractivity contribution in [2.75, 3.05) is 25.0 Å². The van der Waals surface area contributed by atoms with E-state index in [1.165, 1.54) is 32.4 Å². The Morgan fingerprint density at radius 3 is 2.63 bits per heavy atom. The second-order valence-electron chi connectivity index (χ2n) is 7.26. The fourth-order valence-corrected chi connectivity index (χ4v) is 3.78. The van der Waals surface area contributed by atoms with Gasteiger partial charge in [0, 0.05) is 31.3 Å². The lowest BCUT2D eigenvalue weighted by Gasteiger charge is -2.26. The van der Waals surface area contributed by atoms with E-state index in [9.17, 15) is 4.79 Å². The first-order valence-corrected chi connectivity index (χ1v) is 9.75. The monoisotopic (exact) mass is 362 g/mol. The number of piperidine rings is 1. The van der Waals surface area contributed by atoms with Crippen LogP contribution in [0.1, 0.15) is 35.4 Å². The summed E-state index contributed by atoms with van der Waals surface area (Å²) >= 11 is 0. The number of carbonyl (C=O) groups excluding carboxylic acids is 1. The molecule has 0 bridgehead atoms. The van der Waals surface area contributed by atoms with Crippen LogP contribution in [0.15, 0.2) is 48.5 Å². The number of likely N-dealkylation sites (tertiary alicyclic amines) is 1. The average Bonchev–Trinajstić information content (AvgIpc) is 3.03. The van der Waals surface area contributed by atoms with Crippen LogP contribution in [0.5, 0.6) is 0 Å². The molecule has 4 rings (SSSR count). The average molecular weight is 362 g/mol. The van der Waals surface area contributed by atoms with Gasteiger partial charge < -0.3 is 14.8 Å². The van der Waals surface area contributed by atoms with E-state index in [1.807, 2.05) is 48.5 Å². The molecule has 0 aliphatic carbocycles. The number of hydrogen-bond acceptors (Lipinski definition) is 3. The molecule has 5 heteroatoms. The lowest BCUT2D eigenvalue weighted by molar-refractivity contribution is 0.102. The molecule has 27 heavy (non-hydrogen) atoms. The molecule has 1 aliphatic rings. The van der Waals surface area contributed by atoms with Gasteiger partial charge in [0.05, 0.1) is 11.0 Å². The molecule has 1 N–H and O–H groups in total. The minimum absolute atomic E-state index is 0.101. The number of nitrogens with one attached hydrogen (secondary N) is 1. The molecule has 1 aliphatic heterocycles. The Hall–Kier alpha value is -2.66. The van der Waals surface area contributed by atoms with Gasteiger partial charge in [-0.15, -0.1) is 0 Å². The quantitative estimate of drug-likeness (QED) is 0.750. The van der Waals surface area contributed by atoms with Gasteiger partial charge in [-0.25, -0.2) is 4.98 Å². The molecule has 0 atom stereocenters. The maximum absolute atomic E-state index is 12.4. The molecule has 0 spiro atoms.